The molecule has 11 nitrogen and oxygen atoms in total. The summed E-state index contributed by atoms with van der Waals surface area (Å²) in [6.45, 7) is 7.12. The second kappa shape index (κ2) is 17.5. The van der Waals surface area contributed by atoms with Gasteiger partial charge in [0.15, 0.2) is 0 Å². The molecule has 4 saturated heterocycles. The van der Waals surface area contributed by atoms with Crippen LogP contribution in [0.25, 0.3) is 0 Å². The van der Waals surface area contributed by atoms with E-state index < -0.39 is 11.9 Å². The van der Waals surface area contributed by atoms with E-state index in [1.807, 2.05) is 24.3 Å². The zero-order valence-electron chi connectivity index (χ0n) is 34.3. The number of piperazine rings is 1. The summed E-state index contributed by atoms with van der Waals surface area (Å²) in [6.07, 6.45) is 6.31. The van der Waals surface area contributed by atoms with Crippen LogP contribution in [0.15, 0.2) is 97.1 Å². The lowest BCUT2D eigenvalue weighted by molar-refractivity contribution is -0.138. The van der Waals surface area contributed by atoms with Gasteiger partial charge in [-0.1, -0.05) is 48.5 Å². The highest BCUT2D eigenvalue weighted by Gasteiger charge is 2.35. The predicted molar refractivity (Wildman–Crippen MR) is 232 cm³/mol. The van der Waals surface area contributed by atoms with Gasteiger partial charge in [0, 0.05) is 93.6 Å². The van der Waals surface area contributed by atoms with E-state index in [1.54, 1.807) is 12.1 Å². The summed E-state index contributed by atoms with van der Waals surface area (Å²) in [5.41, 5.74) is 7.99. The van der Waals surface area contributed by atoms with Crippen molar-refractivity contribution in [2.75, 3.05) is 62.2 Å². The van der Waals surface area contributed by atoms with Crippen molar-refractivity contribution in [3.63, 3.8) is 0 Å². The van der Waals surface area contributed by atoms with E-state index in [2.05, 4.69) is 90.9 Å². The van der Waals surface area contributed by atoms with Crippen LogP contribution in [0.5, 0.6) is 5.75 Å². The molecule has 0 radical (unpaired) electrons. The average molecular weight is 809 g/mol. The maximum atomic E-state index is 13.8. The molecule has 3 atom stereocenters. The molecule has 60 heavy (non-hydrogen) atoms. The molecule has 4 fully saturated rings. The van der Waals surface area contributed by atoms with Crippen LogP contribution < -0.4 is 20.4 Å². The van der Waals surface area contributed by atoms with Crippen LogP contribution in [0.3, 0.4) is 0 Å². The SMILES string of the molecule is O=C1CCC(NC(=O)c2ccc(N3CCN(C4CCN(C(=O)C5CCN(c6ccc([C@@H]7c8ccc(O)cc8CC[C@@H]7c7ccccc7)cc6)CC5)CC4)CC3)cc2)C(=O)N1. The van der Waals surface area contributed by atoms with Crippen LogP contribution in [-0.2, 0) is 20.8 Å². The standard InChI is InChI=1S/C49H56N6O5/c56-41-15-17-43-37(32-41)10-16-42(33-4-2-1-3-5-33)46(43)34-6-11-38(12-7-34)52-24-20-36(21-25-52)49(60)55-26-22-40(23-27-55)54-30-28-53(29-31-54)39-13-8-35(9-14-39)47(58)50-44-18-19-45(57)51-48(44)59/h1-9,11-15,17,32,36,40,42,44,46,56H,10,16,18-31H2,(H,50,58)(H,51,57,59)/t42-,44?,46+/m1/s1. The van der Waals surface area contributed by atoms with E-state index in [1.165, 1.54) is 27.9 Å². The van der Waals surface area contributed by atoms with Gasteiger partial charge in [0.25, 0.3) is 5.91 Å². The first-order chi connectivity index (χ1) is 29.3. The Hall–Kier alpha value is -5.68. The molecule has 3 N–H and O–H groups in total. The molecule has 1 unspecified atom stereocenters. The molecule has 11 heteroatoms. The highest BCUT2D eigenvalue weighted by Crippen LogP contribution is 2.47. The fourth-order valence-corrected chi connectivity index (χ4v) is 10.5. The second-order valence-corrected chi connectivity index (χ2v) is 17.4. The van der Waals surface area contributed by atoms with Crippen LogP contribution >= 0.6 is 0 Å². The number of nitrogens with zero attached hydrogens (tertiary/aromatic N) is 4. The summed E-state index contributed by atoms with van der Waals surface area (Å²) in [4.78, 5) is 59.5. The molecule has 5 aliphatic rings. The third-order valence-corrected chi connectivity index (χ3v) is 13.9. The molecule has 4 aromatic carbocycles. The lowest BCUT2D eigenvalue weighted by Crippen LogP contribution is -2.54. The first-order valence-electron chi connectivity index (χ1n) is 22.0. The van der Waals surface area contributed by atoms with Crippen LogP contribution in [-0.4, -0.2) is 103 Å². The highest BCUT2D eigenvalue weighted by molar-refractivity contribution is 6.03. The van der Waals surface area contributed by atoms with Crippen molar-refractivity contribution in [2.24, 2.45) is 5.92 Å². The fraction of sp³-hybridized carbons (Fsp3) is 0.429. The number of hydrogen-bond donors (Lipinski definition) is 3. The van der Waals surface area contributed by atoms with Crippen molar-refractivity contribution < 1.29 is 24.3 Å². The number of rotatable bonds is 8. The molecular formula is C49H56N6O5. The summed E-state index contributed by atoms with van der Waals surface area (Å²) < 4.78 is 0. The van der Waals surface area contributed by atoms with Crippen LogP contribution in [0.2, 0.25) is 0 Å². The van der Waals surface area contributed by atoms with Crippen molar-refractivity contribution in [3.05, 3.63) is 125 Å². The zero-order valence-corrected chi connectivity index (χ0v) is 34.3. The molecule has 0 bridgehead atoms. The Morgan fingerprint density at radius 1 is 0.650 bits per heavy atom. The molecule has 1 aliphatic carbocycles. The Balaban J connectivity index is 0.728. The molecule has 312 valence electrons. The number of carbonyl (C=O) groups excluding carboxylic acids is 4. The number of phenols is 1. The van der Waals surface area contributed by atoms with Gasteiger partial charge in [-0.25, -0.2) is 0 Å². The fourth-order valence-electron chi connectivity index (χ4n) is 10.5. The largest absolute Gasteiger partial charge is 0.508 e. The van der Waals surface area contributed by atoms with Gasteiger partial charge in [0.05, 0.1) is 0 Å². The van der Waals surface area contributed by atoms with Gasteiger partial charge in [-0.2, -0.15) is 0 Å². The van der Waals surface area contributed by atoms with Gasteiger partial charge in [-0.05, 0) is 122 Å². The van der Waals surface area contributed by atoms with Crippen LogP contribution in [0, 0.1) is 5.92 Å². The molecule has 4 aromatic rings. The number of likely N-dealkylation sites (tertiary alicyclic amines) is 1. The van der Waals surface area contributed by atoms with E-state index >= 15 is 0 Å². The molecular weight excluding hydrogens is 753 g/mol. The van der Waals surface area contributed by atoms with Gasteiger partial charge in [0.2, 0.25) is 17.7 Å². The molecule has 4 heterocycles. The minimum absolute atomic E-state index is 0.0808. The number of fused-ring (bicyclic) bond motifs is 1. The third-order valence-electron chi connectivity index (χ3n) is 13.9. The van der Waals surface area contributed by atoms with Crippen LogP contribution in [0.1, 0.15) is 89.4 Å². The molecule has 4 aliphatic heterocycles. The Labute approximate surface area is 352 Å². The first-order valence-corrected chi connectivity index (χ1v) is 22.0. The summed E-state index contributed by atoms with van der Waals surface area (Å²) in [5, 5.41) is 15.3. The van der Waals surface area contributed by atoms with Crippen LogP contribution in [0.4, 0.5) is 11.4 Å². The van der Waals surface area contributed by atoms with Gasteiger partial charge < -0.3 is 25.1 Å². The van der Waals surface area contributed by atoms with Crippen molar-refractivity contribution in [1.82, 2.24) is 20.4 Å². The number of benzene rings is 4. The summed E-state index contributed by atoms with van der Waals surface area (Å²) >= 11 is 0. The van der Waals surface area contributed by atoms with E-state index in [9.17, 15) is 24.3 Å². The quantitative estimate of drug-likeness (QED) is 0.191. The number of phenolic OH excluding ortho intramolecular Hbond substituents is 1. The number of imide groups is 1. The van der Waals surface area contributed by atoms with Gasteiger partial charge >= 0.3 is 0 Å². The molecule has 0 saturated carbocycles. The second-order valence-electron chi connectivity index (χ2n) is 17.4. The zero-order chi connectivity index (χ0) is 41.2. The Morgan fingerprint density at radius 3 is 2.00 bits per heavy atom. The number of anilines is 2. The third kappa shape index (κ3) is 8.50. The lowest BCUT2D eigenvalue weighted by Gasteiger charge is -2.44. The summed E-state index contributed by atoms with van der Waals surface area (Å²) in [5.74, 6) is 0.272. The maximum Gasteiger partial charge on any atom is 0.251 e. The maximum absolute atomic E-state index is 13.8. The number of nitrogens with one attached hydrogen (secondary N) is 2. The molecule has 9 rings (SSSR count). The van der Waals surface area contributed by atoms with E-state index in [-0.39, 0.29) is 30.1 Å². The number of aryl methyl sites for hydroxylation is 1. The van der Waals surface area contributed by atoms with Crippen molar-refractivity contribution in [1.29, 1.82) is 0 Å². The first kappa shape index (κ1) is 39.8. The van der Waals surface area contributed by atoms with Gasteiger partial charge in [0.1, 0.15) is 11.8 Å². The smallest absolute Gasteiger partial charge is 0.251 e. The number of amides is 4. The minimum atomic E-state index is -0.693. The van der Waals surface area contributed by atoms with Gasteiger partial charge in [-0.15, -0.1) is 0 Å². The normalized spacial score (nSPS) is 23.2. The van der Waals surface area contributed by atoms with E-state index in [0.717, 1.165) is 96.6 Å². The van der Waals surface area contributed by atoms with Crippen molar-refractivity contribution >= 4 is 35.0 Å². The number of carbonyl (C=O) groups is 4. The average Bonchev–Trinajstić information content (AvgIpc) is 3.30. The van der Waals surface area contributed by atoms with Gasteiger partial charge in [-0.3, -0.25) is 29.4 Å². The van der Waals surface area contributed by atoms with E-state index in [4.69, 9.17) is 0 Å². The Morgan fingerprint density at radius 2 is 1.32 bits per heavy atom. The van der Waals surface area contributed by atoms with E-state index in [0.29, 0.717) is 35.6 Å². The lowest BCUT2D eigenvalue weighted by atomic mass is 9.69. The number of hydrogen-bond acceptors (Lipinski definition) is 8. The van der Waals surface area contributed by atoms with Crippen molar-refractivity contribution in [2.45, 2.75) is 75.3 Å². The molecule has 0 aromatic heterocycles. The number of aromatic hydroxyl groups is 1. The highest BCUT2D eigenvalue weighted by atomic mass is 16.3. The minimum Gasteiger partial charge on any atom is -0.508 e. The molecule has 4 amide bonds. The van der Waals surface area contributed by atoms with Crippen molar-refractivity contribution in [3.8, 4) is 5.75 Å². The molecule has 0 spiro atoms. The monoisotopic (exact) mass is 808 g/mol. The Bertz CT molecular complexity index is 2170. The summed E-state index contributed by atoms with van der Waals surface area (Å²) in [7, 11) is 0. The predicted octanol–water partition coefficient (Wildman–Crippen LogP) is 5.82. The number of piperidine rings is 3. The Kier molecular flexibility index (Phi) is 11.6. The summed E-state index contributed by atoms with van der Waals surface area (Å²) in [6, 6.07) is 33.2. The topological polar surface area (TPSA) is 126 Å².